The molecule has 0 saturated heterocycles. The number of phenols is 1. The molecule has 15 heavy (non-hydrogen) atoms. The van der Waals surface area contributed by atoms with Gasteiger partial charge in [-0.2, -0.15) is 5.26 Å². The standard InChI is InChI=1S/C11H13FN2O/c1-2-3-9(14)10-7(6-13)4-5-8(12)11(10)15/h4-5,9,15H,2-3,14H2,1H3/t9-/m1/s1. The number of rotatable bonds is 3. The van der Waals surface area contributed by atoms with Gasteiger partial charge in [-0.15, -0.1) is 0 Å². The van der Waals surface area contributed by atoms with Gasteiger partial charge in [0.25, 0.3) is 0 Å². The molecule has 3 nitrogen and oxygen atoms in total. The summed E-state index contributed by atoms with van der Waals surface area (Å²) in [5.41, 5.74) is 6.21. The Kier molecular flexibility index (Phi) is 3.64. The van der Waals surface area contributed by atoms with Crippen molar-refractivity contribution in [2.45, 2.75) is 25.8 Å². The summed E-state index contributed by atoms with van der Waals surface area (Å²) < 4.78 is 13.1. The van der Waals surface area contributed by atoms with Crippen LogP contribution in [0.5, 0.6) is 5.75 Å². The summed E-state index contributed by atoms with van der Waals surface area (Å²) in [5.74, 6) is -1.24. The SMILES string of the molecule is CCC[C@@H](N)c1c(C#N)ccc(F)c1O. The fraction of sp³-hybridized carbons (Fsp3) is 0.364. The molecule has 1 aromatic rings. The van der Waals surface area contributed by atoms with Gasteiger partial charge in [0.15, 0.2) is 11.6 Å². The summed E-state index contributed by atoms with van der Waals surface area (Å²) in [6.45, 7) is 1.93. The molecule has 0 aliphatic carbocycles. The van der Waals surface area contributed by atoms with Gasteiger partial charge in [0, 0.05) is 11.6 Å². The molecule has 0 radical (unpaired) electrons. The Morgan fingerprint density at radius 3 is 2.80 bits per heavy atom. The van der Waals surface area contributed by atoms with Gasteiger partial charge in [0.2, 0.25) is 0 Å². The lowest BCUT2D eigenvalue weighted by Gasteiger charge is -2.14. The minimum Gasteiger partial charge on any atom is -0.505 e. The van der Waals surface area contributed by atoms with Gasteiger partial charge in [-0.25, -0.2) is 4.39 Å². The zero-order valence-electron chi connectivity index (χ0n) is 8.50. The minimum atomic E-state index is -0.740. The quantitative estimate of drug-likeness (QED) is 0.800. The van der Waals surface area contributed by atoms with Crippen molar-refractivity contribution < 1.29 is 9.50 Å². The number of hydrogen-bond acceptors (Lipinski definition) is 3. The van der Waals surface area contributed by atoms with Gasteiger partial charge in [0.05, 0.1) is 11.6 Å². The van der Waals surface area contributed by atoms with Crippen molar-refractivity contribution >= 4 is 0 Å². The molecule has 3 N–H and O–H groups in total. The van der Waals surface area contributed by atoms with Crippen molar-refractivity contribution in [2.75, 3.05) is 0 Å². The van der Waals surface area contributed by atoms with Crippen LogP contribution in [0.3, 0.4) is 0 Å². The van der Waals surface area contributed by atoms with Crippen LogP contribution in [0.2, 0.25) is 0 Å². The molecule has 4 heteroatoms. The molecule has 1 rings (SSSR count). The topological polar surface area (TPSA) is 70.0 Å². The van der Waals surface area contributed by atoms with Gasteiger partial charge in [-0.1, -0.05) is 13.3 Å². The highest BCUT2D eigenvalue weighted by Crippen LogP contribution is 2.31. The summed E-state index contributed by atoms with van der Waals surface area (Å²) >= 11 is 0. The molecule has 1 aromatic carbocycles. The first kappa shape index (κ1) is 11.5. The number of phenolic OH excluding ortho intramolecular Hbond substituents is 1. The second kappa shape index (κ2) is 4.76. The predicted molar refractivity (Wildman–Crippen MR) is 54.6 cm³/mol. The van der Waals surface area contributed by atoms with Crippen LogP contribution in [-0.2, 0) is 0 Å². The number of benzene rings is 1. The van der Waals surface area contributed by atoms with E-state index < -0.39 is 17.6 Å². The van der Waals surface area contributed by atoms with E-state index in [0.29, 0.717) is 6.42 Å². The molecular weight excluding hydrogens is 195 g/mol. The van der Waals surface area contributed by atoms with Crippen molar-refractivity contribution in [3.8, 4) is 11.8 Å². The second-order valence-electron chi connectivity index (χ2n) is 3.36. The first-order valence-corrected chi connectivity index (χ1v) is 4.78. The molecule has 0 aliphatic heterocycles. The normalized spacial score (nSPS) is 12.1. The molecule has 0 spiro atoms. The third-order valence-corrected chi connectivity index (χ3v) is 2.26. The Bertz CT molecular complexity index is 398. The smallest absolute Gasteiger partial charge is 0.165 e. The van der Waals surface area contributed by atoms with Crippen molar-refractivity contribution in [3.05, 3.63) is 29.1 Å². The number of nitrogens with zero attached hydrogens (tertiary/aromatic N) is 1. The highest BCUT2D eigenvalue weighted by atomic mass is 19.1. The Hall–Kier alpha value is -1.60. The summed E-state index contributed by atoms with van der Waals surface area (Å²) in [4.78, 5) is 0. The van der Waals surface area contributed by atoms with Crippen LogP contribution >= 0.6 is 0 Å². The Morgan fingerprint density at radius 1 is 1.60 bits per heavy atom. The predicted octanol–water partition coefficient (Wildman–Crippen LogP) is 2.20. The van der Waals surface area contributed by atoms with Crippen LogP contribution in [0.1, 0.15) is 36.9 Å². The molecule has 0 unspecified atom stereocenters. The lowest BCUT2D eigenvalue weighted by Crippen LogP contribution is -2.12. The van der Waals surface area contributed by atoms with Crippen molar-refractivity contribution in [2.24, 2.45) is 5.73 Å². The second-order valence-corrected chi connectivity index (χ2v) is 3.36. The Labute approximate surface area is 87.9 Å². The number of nitriles is 1. The maximum absolute atomic E-state index is 13.1. The monoisotopic (exact) mass is 208 g/mol. The van der Waals surface area contributed by atoms with Gasteiger partial charge >= 0.3 is 0 Å². The first-order chi connectivity index (χ1) is 7.11. The molecule has 0 heterocycles. The van der Waals surface area contributed by atoms with Crippen LogP contribution in [0, 0.1) is 17.1 Å². The van der Waals surface area contributed by atoms with Crippen LogP contribution in [0.15, 0.2) is 12.1 Å². The lowest BCUT2D eigenvalue weighted by atomic mass is 9.97. The molecule has 0 aliphatic rings. The Balaban J connectivity index is 3.24. The van der Waals surface area contributed by atoms with E-state index in [1.54, 1.807) is 0 Å². The average Bonchev–Trinajstić information content (AvgIpc) is 2.22. The fourth-order valence-electron chi connectivity index (χ4n) is 1.51. The molecule has 80 valence electrons. The van der Waals surface area contributed by atoms with Gasteiger partial charge < -0.3 is 10.8 Å². The number of aromatic hydroxyl groups is 1. The summed E-state index contributed by atoms with van der Waals surface area (Å²) in [7, 11) is 0. The van der Waals surface area contributed by atoms with Gasteiger partial charge in [-0.05, 0) is 18.6 Å². The molecule has 0 bridgehead atoms. The molecule has 0 saturated carbocycles. The third kappa shape index (κ3) is 2.25. The minimum absolute atomic E-state index is 0.208. The number of nitrogens with two attached hydrogens (primary N) is 1. The zero-order chi connectivity index (χ0) is 11.4. The third-order valence-electron chi connectivity index (χ3n) is 2.26. The number of hydrogen-bond donors (Lipinski definition) is 2. The Morgan fingerprint density at radius 2 is 2.27 bits per heavy atom. The van der Waals surface area contributed by atoms with E-state index in [0.717, 1.165) is 12.5 Å². The van der Waals surface area contributed by atoms with E-state index in [9.17, 15) is 9.50 Å². The number of halogens is 1. The highest BCUT2D eigenvalue weighted by Gasteiger charge is 2.18. The molecule has 0 amide bonds. The fourth-order valence-corrected chi connectivity index (χ4v) is 1.51. The highest BCUT2D eigenvalue weighted by molar-refractivity contribution is 5.48. The van der Waals surface area contributed by atoms with E-state index in [2.05, 4.69) is 0 Å². The summed E-state index contributed by atoms with van der Waals surface area (Å²) in [5, 5.41) is 18.3. The largest absolute Gasteiger partial charge is 0.505 e. The molecule has 1 atom stereocenters. The van der Waals surface area contributed by atoms with Gasteiger partial charge in [0.1, 0.15) is 0 Å². The summed E-state index contributed by atoms with van der Waals surface area (Å²) in [6.07, 6.45) is 1.41. The summed E-state index contributed by atoms with van der Waals surface area (Å²) in [6, 6.07) is 3.80. The van der Waals surface area contributed by atoms with E-state index in [4.69, 9.17) is 11.0 Å². The van der Waals surface area contributed by atoms with E-state index in [-0.39, 0.29) is 11.1 Å². The maximum Gasteiger partial charge on any atom is 0.165 e. The van der Waals surface area contributed by atoms with E-state index in [1.807, 2.05) is 13.0 Å². The maximum atomic E-state index is 13.1. The van der Waals surface area contributed by atoms with Crippen molar-refractivity contribution in [1.29, 1.82) is 5.26 Å². The van der Waals surface area contributed by atoms with Crippen LogP contribution in [0.25, 0.3) is 0 Å². The lowest BCUT2D eigenvalue weighted by molar-refractivity contribution is 0.418. The molecule has 0 aromatic heterocycles. The van der Waals surface area contributed by atoms with Gasteiger partial charge in [-0.3, -0.25) is 0 Å². The van der Waals surface area contributed by atoms with Crippen LogP contribution in [-0.4, -0.2) is 5.11 Å². The first-order valence-electron chi connectivity index (χ1n) is 4.78. The van der Waals surface area contributed by atoms with Crippen LogP contribution < -0.4 is 5.73 Å². The molecular formula is C11H13FN2O. The zero-order valence-corrected chi connectivity index (χ0v) is 8.50. The van der Waals surface area contributed by atoms with Crippen LogP contribution in [0.4, 0.5) is 4.39 Å². The van der Waals surface area contributed by atoms with Crippen molar-refractivity contribution in [3.63, 3.8) is 0 Å². The van der Waals surface area contributed by atoms with E-state index >= 15 is 0 Å². The molecule has 0 fully saturated rings. The van der Waals surface area contributed by atoms with E-state index in [1.165, 1.54) is 6.07 Å². The van der Waals surface area contributed by atoms with Crippen molar-refractivity contribution in [1.82, 2.24) is 0 Å². The average molecular weight is 208 g/mol.